The maximum Gasteiger partial charge on any atom is 0.315 e. The number of hydrogen-bond acceptors (Lipinski definition) is 3. The molecular formula is C20H25N3O2. The highest BCUT2D eigenvalue weighted by Gasteiger charge is 2.32. The summed E-state index contributed by atoms with van der Waals surface area (Å²) in [7, 11) is 0. The number of carbonyl (C=O) groups excluding carboxylic acids is 1. The maximum atomic E-state index is 12.6. The van der Waals surface area contributed by atoms with Crippen LogP contribution in [-0.4, -0.2) is 22.2 Å². The Morgan fingerprint density at radius 2 is 2.00 bits per heavy atom. The number of aryl methyl sites for hydroxylation is 1. The van der Waals surface area contributed by atoms with Gasteiger partial charge < -0.3 is 15.7 Å². The molecule has 0 fully saturated rings. The highest BCUT2D eigenvalue weighted by molar-refractivity contribution is 5.75. The number of benzene rings is 1. The zero-order chi connectivity index (χ0) is 18.0. The maximum absolute atomic E-state index is 12.6. The van der Waals surface area contributed by atoms with Crippen LogP contribution < -0.4 is 10.6 Å². The zero-order valence-electron chi connectivity index (χ0n) is 14.9. The SMILES string of the molecule is Cc1cccnc1C(NC(=O)N[C@H]1c2ccccc2C[C@H]1O)C(C)C. The third-order valence-electron chi connectivity index (χ3n) is 4.79. The lowest BCUT2D eigenvalue weighted by molar-refractivity contribution is 0.141. The van der Waals surface area contributed by atoms with Gasteiger partial charge in [-0.05, 0) is 35.6 Å². The predicted octanol–water partition coefficient (Wildman–Crippen LogP) is 3.04. The number of aromatic nitrogens is 1. The molecule has 2 amide bonds. The molecule has 2 aromatic rings. The van der Waals surface area contributed by atoms with Crippen molar-refractivity contribution in [2.75, 3.05) is 0 Å². The average molecular weight is 339 g/mol. The molecule has 0 saturated heterocycles. The van der Waals surface area contributed by atoms with Crippen LogP contribution in [0.3, 0.4) is 0 Å². The number of hydrogen-bond donors (Lipinski definition) is 3. The number of aliphatic hydroxyl groups is 1. The number of aliphatic hydroxyl groups excluding tert-OH is 1. The van der Waals surface area contributed by atoms with E-state index in [0.29, 0.717) is 6.42 Å². The molecule has 1 aromatic heterocycles. The van der Waals surface area contributed by atoms with Gasteiger partial charge in [-0.1, -0.05) is 44.2 Å². The Kier molecular flexibility index (Phi) is 5.04. The van der Waals surface area contributed by atoms with Crippen LogP contribution in [0.2, 0.25) is 0 Å². The fourth-order valence-electron chi connectivity index (χ4n) is 3.45. The number of fused-ring (bicyclic) bond motifs is 1. The van der Waals surface area contributed by atoms with Crippen molar-refractivity contribution in [2.24, 2.45) is 5.92 Å². The van der Waals surface area contributed by atoms with E-state index in [-0.39, 0.29) is 24.0 Å². The van der Waals surface area contributed by atoms with E-state index in [9.17, 15) is 9.90 Å². The second-order valence-electron chi connectivity index (χ2n) is 6.99. The summed E-state index contributed by atoms with van der Waals surface area (Å²) in [6.07, 6.45) is 1.71. The van der Waals surface area contributed by atoms with Crippen LogP contribution >= 0.6 is 0 Å². The quantitative estimate of drug-likeness (QED) is 0.801. The van der Waals surface area contributed by atoms with Crippen LogP contribution in [0, 0.1) is 12.8 Å². The van der Waals surface area contributed by atoms with Gasteiger partial charge in [0, 0.05) is 12.6 Å². The molecule has 1 aliphatic rings. The van der Waals surface area contributed by atoms with Gasteiger partial charge >= 0.3 is 6.03 Å². The molecule has 25 heavy (non-hydrogen) atoms. The van der Waals surface area contributed by atoms with Crippen molar-refractivity contribution in [1.82, 2.24) is 15.6 Å². The summed E-state index contributed by atoms with van der Waals surface area (Å²) in [5, 5.41) is 16.3. The molecule has 0 spiro atoms. The Morgan fingerprint density at radius 3 is 2.72 bits per heavy atom. The van der Waals surface area contributed by atoms with Crippen molar-refractivity contribution in [3.05, 3.63) is 65.0 Å². The summed E-state index contributed by atoms with van der Waals surface area (Å²) in [4.78, 5) is 17.0. The Bertz CT molecular complexity index is 760. The molecule has 132 valence electrons. The van der Waals surface area contributed by atoms with Crippen LogP contribution in [-0.2, 0) is 6.42 Å². The lowest BCUT2D eigenvalue weighted by atomic mass is 9.97. The molecular weight excluding hydrogens is 314 g/mol. The molecule has 3 N–H and O–H groups in total. The first-order valence-corrected chi connectivity index (χ1v) is 8.71. The number of carbonyl (C=O) groups is 1. The van der Waals surface area contributed by atoms with Crippen molar-refractivity contribution in [3.63, 3.8) is 0 Å². The molecule has 3 rings (SSSR count). The van der Waals surface area contributed by atoms with E-state index in [1.54, 1.807) is 6.20 Å². The number of pyridine rings is 1. The van der Waals surface area contributed by atoms with Gasteiger partial charge in [0.05, 0.1) is 23.9 Å². The lowest BCUT2D eigenvalue weighted by Gasteiger charge is -2.25. The minimum absolute atomic E-state index is 0.185. The van der Waals surface area contributed by atoms with Crippen molar-refractivity contribution >= 4 is 6.03 Å². The minimum Gasteiger partial charge on any atom is -0.390 e. The van der Waals surface area contributed by atoms with E-state index < -0.39 is 6.10 Å². The topological polar surface area (TPSA) is 74.2 Å². The van der Waals surface area contributed by atoms with Crippen LogP contribution in [0.1, 0.15) is 48.3 Å². The van der Waals surface area contributed by atoms with E-state index in [1.807, 2.05) is 43.3 Å². The van der Waals surface area contributed by atoms with Gasteiger partial charge in [-0.15, -0.1) is 0 Å². The van der Waals surface area contributed by atoms with E-state index in [4.69, 9.17) is 0 Å². The number of amides is 2. The number of rotatable bonds is 4. The molecule has 5 heteroatoms. The zero-order valence-corrected chi connectivity index (χ0v) is 14.9. The standard InChI is InChI=1S/C20H25N3O2/c1-12(2)17(18-13(3)7-6-10-21-18)22-20(25)23-19-15-9-5-4-8-14(15)11-16(19)24/h4-10,12,16-17,19,24H,11H2,1-3H3,(H2,22,23,25)/t16-,17?,19+/m1/s1. The predicted molar refractivity (Wildman–Crippen MR) is 97.1 cm³/mol. The third-order valence-corrected chi connectivity index (χ3v) is 4.79. The van der Waals surface area contributed by atoms with E-state index >= 15 is 0 Å². The average Bonchev–Trinajstić information content (AvgIpc) is 2.89. The van der Waals surface area contributed by atoms with Gasteiger partial charge in [0.15, 0.2) is 0 Å². The van der Waals surface area contributed by atoms with Crippen LogP contribution in [0.15, 0.2) is 42.6 Å². The summed E-state index contributed by atoms with van der Waals surface area (Å²) in [6.45, 7) is 6.10. The third kappa shape index (κ3) is 3.66. The number of nitrogens with zero attached hydrogens (tertiary/aromatic N) is 1. The smallest absolute Gasteiger partial charge is 0.315 e. The fraction of sp³-hybridized carbons (Fsp3) is 0.400. The van der Waals surface area contributed by atoms with E-state index in [2.05, 4.69) is 29.5 Å². The second kappa shape index (κ2) is 7.23. The summed E-state index contributed by atoms with van der Waals surface area (Å²) in [6, 6.07) is 10.9. The molecule has 0 saturated carbocycles. The van der Waals surface area contributed by atoms with E-state index in [0.717, 1.165) is 22.4 Å². The fourth-order valence-corrected chi connectivity index (χ4v) is 3.45. The van der Waals surface area contributed by atoms with Gasteiger partial charge in [0.25, 0.3) is 0 Å². The Balaban J connectivity index is 1.74. The second-order valence-corrected chi connectivity index (χ2v) is 6.99. The van der Waals surface area contributed by atoms with Gasteiger partial charge in [0.2, 0.25) is 0 Å². The molecule has 0 bridgehead atoms. The van der Waals surface area contributed by atoms with Gasteiger partial charge in [-0.2, -0.15) is 0 Å². The van der Waals surface area contributed by atoms with Crippen molar-refractivity contribution in [1.29, 1.82) is 0 Å². The molecule has 1 aliphatic carbocycles. The van der Waals surface area contributed by atoms with Crippen molar-refractivity contribution < 1.29 is 9.90 Å². The van der Waals surface area contributed by atoms with Gasteiger partial charge in [-0.25, -0.2) is 4.79 Å². The summed E-state index contributed by atoms with van der Waals surface area (Å²) < 4.78 is 0. The summed E-state index contributed by atoms with van der Waals surface area (Å²) >= 11 is 0. The molecule has 1 aromatic carbocycles. The van der Waals surface area contributed by atoms with Crippen molar-refractivity contribution in [2.45, 2.75) is 45.4 Å². The summed E-state index contributed by atoms with van der Waals surface area (Å²) in [5.41, 5.74) is 3.99. The summed E-state index contributed by atoms with van der Waals surface area (Å²) in [5.74, 6) is 0.195. The highest BCUT2D eigenvalue weighted by Crippen LogP contribution is 2.31. The first-order chi connectivity index (χ1) is 12.0. The molecule has 0 radical (unpaired) electrons. The van der Waals surface area contributed by atoms with Crippen LogP contribution in [0.25, 0.3) is 0 Å². The first kappa shape index (κ1) is 17.4. The molecule has 1 heterocycles. The molecule has 3 atom stereocenters. The highest BCUT2D eigenvalue weighted by atomic mass is 16.3. The Hall–Kier alpha value is -2.40. The molecule has 5 nitrogen and oxygen atoms in total. The van der Waals surface area contributed by atoms with Crippen molar-refractivity contribution in [3.8, 4) is 0 Å². The molecule has 0 aliphatic heterocycles. The molecule has 1 unspecified atom stereocenters. The monoisotopic (exact) mass is 339 g/mol. The lowest BCUT2D eigenvalue weighted by Crippen LogP contribution is -2.43. The number of nitrogens with one attached hydrogen (secondary N) is 2. The van der Waals surface area contributed by atoms with Crippen LogP contribution in [0.4, 0.5) is 4.79 Å². The van der Waals surface area contributed by atoms with Gasteiger partial charge in [-0.3, -0.25) is 4.98 Å². The largest absolute Gasteiger partial charge is 0.390 e. The Labute approximate surface area is 148 Å². The van der Waals surface area contributed by atoms with E-state index in [1.165, 1.54) is 0 Å². The van der Waals surface area contributed by atoms with Crippen LogP contribution in [0.5, 0.6) is 0 Å². The van der Waals surface area contributed by atoms with Gasteiger partial charge in [0.1, 0.15) is 0 Å². The first-order valence-electron chi connectivity index (χ1n) is 8.71. The normalized spacial score (nSPS) is 20.2. The number of urea groups is 1. The Morgan fingerprint density at radius 1 is 1.24 bits per heavy atom. The minimum atomic E-state index is -0.600.